The summed E-state index contributed by atoms with van der Waals surface area (Å²) in [4.78, 5) is 9.71. The molecule has 104 valence electrons. The molecule has 2 rings (SSSR count). The lowest BCUT2D eigenvalue weighted by Crippen LogP contribution is -2.19. The van der Waals surface area contributed by atoms with Gasteiger partial charge in [-0.2, -0.15) is 0 Å². The highest BCUT2D eigenvalue weighted by Gasteiger charge is 2.15. The molecule has 0 saturated carbocycles. The Morgan fingerprint density at radius 3 is 2.89 bits per heavy atom. The van der Waals surface area contributed by atoms with Gasteiger partial charge in [-0.25, -0.2) is 4.98 Å². The van der Waals surface area contributed by atoms with Gasteiger partial charge < -0.3 is 10.2 Å². The Hall–Kier alpha value is -0.910. The van der Waals surface area contributed by atoms with Crippen LogP contribution in [0.25, 0.3) is 0 Å². The van der Waals surface area contributed by atoms with E-state index in [1.165, 1.54) is 9.75 Å². The highest BCUT2D eigenvalue weighted by atomic mass is 32.1. The molecule has 19 heavy (non-hydrogen) atoms. The van der Waals surface area contributed by atoms with Gasteiger partial charge in [-0.1, -0.05) is 6.07 Å². The minimum atomic E-state index is 0.372. The molecule has 0 bridgehead atoms. The van der Waals surface area contributed by atoms with Crippen LogP contribution in [0.3, 0.4) is 0 Å². The molecule has 2 aromatic heterocycles. The zero-order valence-electron chi connectivity index (χ0n) is 11.9. The van der Waals surface area contributed by atoms with E-state index in [9.17, 15) is 0 Å². The first kappa shape index (κ1) is 14.5. The van der Waals surface area contributed by atoms with Crippen molar-refractivity contribution in [2.24, 2.45) is 0 Å². The van der Waals surface area contributed by atoms with Crippen LogP contribution in [-0.2, 0) is 6.42 Å². The van der Waals surface area contributed by atoms with Crippen molar-refractivity contribution in [2.45, 2.75) is 26.3 Å². The monoisotopic (exact) mass is 295 g/mol. The lowest BCUT2D eigenvalue weighted by atomic mass is 10.2. The molecular weight excluding hydrogens is 274 g/mol. The molecule has 0 spiro atoms. The third-order valence-electron chi connectivity index (χ3n) is 3.25. The molecule has 1 N–H and O–H groups in total. The fourth-order valence-corrected chi connectivity index (χ4v) is 3.73. The van der Waals surface area contributed by atoms with E-state index >= 15 is 0 Å². The SMILES string of the molecule is CNC(C)c1sc(N(C)CCc2cccs2)nc1C. The number of hydrogen-bond donors (Lipinski definition) is 1. The Kier molecular flexibility index (Phi) is 4.96. The average Bonchev–Trinajstić information content (AvgIpc) is 3.04. The fourth-order valence-electron chi connectivity index (χ4n) is 1.92. The molecule has 0 aliphatic rings. The number of anilines is 1. The molecule has 0 aromatic carbocycles. The van der Waals surface area contributed by atoms with Crippen molar-refractivity contribution < 1.29 is 0 Å². The second-order valence-electron chi connectivity index (χ2n) is 4.71. The number of nitrogens with one attached hydrogen (secondary N) is 1. The normalized spacial score (nSPS) is 12.6. The highest BCUT2D eigenvalue weighted by Crippen LogP contribution is 2.30. The molecule has 5 heteroatoms. The van der Waals surface area contributed by atoms with Crippen LogP contribution in [0.4, 0.5) is 5.13 Å². The van der Waals surface area contributed by atoms with Crippen molar-refractivity contribution in [2.75, 3.05) is 25.5 Å². The zero-order valence-corrected chi connectivity index (χ0v) is 13.6. The Balaban J connectivity index is 2.01. The molecule has 0 saturated heterocycles. The smallest absolute Gasteiger partial charge is 0.185 e. The number of likely N-dealkylation sites (N-methyl/N-ethyl adjacent to an activating group) is 1. The lowest BCUT2D eigenvalue weighted by molar-refractivity contribution is 0.658. The topological polar surface area (TPSA) is 28.2 Å². The van der Waals surface area contributed by atoms with Crippen LogP contribution < -0.4 is 10.2 Å². The molecule has 1 atom stereocenters. The van der Waals surface area contributed by atoms with Crippen LogP contribution in [0.1, 0.15) is 28.4 Å². The van der Waals surface area contributed by atoms with E-state index in [1.807, 2.05) is 18.4 Å². The Morgan fingerprint density at radius 1 is 1.47 bits per heavy atom. The summed E-state index contributed by atoms with van der Waals surface area (Å²) in [5.74, 6) is 0. The number of thiazole rings is 1. The summed E-state index contributed by atoms with van der Waals surface area (Å²) in [7, 11) is 4.11. The van der Waals surface area contributed by atoms with E-state index in [1.54, 1.807) is 11.3 Å². The predicted octanol–water partition coefficient (Wildman–Crippen LogP) is 3.47. The van der Waals surface area contributed by atoms with Crippen molar-refractivity contribution in [3.05, 3.63) is 33.0 Å². The number of hydrogen-bond acceptors (Lipinski definition) is 5. The van der Waals surface area contributed by atoms with Gasteiger partial charge in [0.2, 0.25) is 0 Å². The highest BCUT2D eigenvalue weighted by molar-refractivity contribution is 7.15. The van der Waals surface area contributed by atoms with Gasteiger partial charge in [0, 0.05) is 29.4 Å². The first-order valence-electron chi connectivity index (χ1n) is 6.50. The van der Waals surface area contributed by atoms with Gasteiger partial charge in [-0.3, -0.25) is 0 Å². The van der Waals surface area contributed by atoms with Crippen LogP contribution in [0.15, 0.2) is 17.5 Å². The molecule has 3 nitrogen and oxygen atoms in total. The maximum Gasteiger partial charge on any atom is 0.185 e. The van der Waals surface area contributed by atoms with Gasteiger partial charge in [-0.15, -0.1) is 22.7 Å². The third-order valence-corrected chi connectivity index (χ3v) is 5.64. The molecule has 0 fully saturated rings. The van der Waals surface area contributed by atoms with Gasteiger partial charge in [0.1, 0.15) is 0 Å². The van der Waals surface area contributed by atoms with Crippen molar-refractivity contribution >= 4 is 27.8 Å². The van der Waals surface area contributed by atoms with Crippen LogP contribution in [0, 0.1) is 6.92 Å². The van der Waals surface area contributed by atoms with Crippen molar-refractivity contribution in [1.82, 2.24) is 10.3 Å². The Bertz CT molecular complexity index is 505. The van der Waals surface area contributed by atoms with E-state index in [0.29, 0.717) is 6.04 Å². The summed E-state index contributed by atoms with van der Waals surface area (Å²) in [6, 6.07) is 4.68. The third kappa shape index (κ3) is 3.55. The molecule has 0 aliphatic heterocycles. The molecule has 0 aliphatic carbocycles. The second kappa shape index (κ2) is 6.50. The average molecular weight is 295 g/mol. The summed E-state index contributed by atoms with van der Waals surface area (Å²) in [5, 5.41) is 6.53. The molecule has 0 radical (unpaired) electrons. The Labute approximate surface area is 123 Å². The quantitative estimate of drug-likeness (QED) is 0.884. The summed E-state index contributed by atoms with van der Waals surface area (Å²) in [5.41, 5.74) is 1.14. The van der Waals surface area contributed by atoms with E-state index in [0.717, 1.165) is 23.8 Å². The number of aryl methyl sites for hydroxylation is 1. The van der Waals surface area contributed by atoms with Crippen molar-refractivity contribution in [1.29, 1.82) is 0 Å². The van der Waals surface area contributed by atoms with Crippen molar-refractivity contribution in [3.63, 3.8) is 0 Å². The predicted molar refractivity (Wildman–Crippen MR) is 85.6 cm³/mol. The maximum atomic E-state index is 4.69. The molecule has 0 amide bonds. The standard InChI is InChI=1S/C14H21N3S2/c1-10(15-3)13-11(2)16-14(19-13)17(4)8-7-12-6-5-9-18-12/h5-6,9-10,15H,7-8H2,1-4H3. The van der Waals surface area contributed by atoms with Crippen LogP contribution >= 0.6 is 22.7 Å². The molecular formula is C14H21N3S2. The summed E-state index contributed by atoms with van der Waals surface area (Å²) in [6.45, 7) is 5.28. The van der Waals surface area contributed by atoms with Gasteiger partial charge in [0.25, 0.3) is 0 Å². The van der Waals surface area contributed by atoms with E-state index in [2.05, 4.69) is 53.6 Å². The maximum absolute atomic E-state index is 4.69. The fraction of sp³-hybridized carbons (Fsp3) is 0.500. The van der Waals surface area contributed by atoms with Gasteiger partial charge >= 0.3 is 0 Å². The van der Waals surface area contributed by atoms with Crippen LogP contribution in [0.5, 0.6) is 0 Å². The van der Waals surface area contributed by atoms with E-state index in [4.69, 9.17) is 0 Å². The molecule has 2 heterocycles. The number of thiophene rings is 1. The number of aromatic nitrogens is 1. The minimum Gasteiger partial charge on any atom is -0.351 e. The largest absolute Gasteiger partial charge is 0.351 e. The van der Waals surface area contributed by atoms with Crippen LogP contribution in [0.2, 0.25) is 0 Å². The molecule has 1 unspecified atom stereocenters. The minimum absolute atomic E-state index is 0.372. The van der Waals surface area contributed by atoms with Crippen molar-refractivity contribution in [3.8, 4) is 0 Å². The number of rotatable bonds is 6. The van der Waals surface area contributed by atoms with Gasteiger partial charge in [-0.05, 0) is 38.8 Å². The van der Waals surface area contributed by atoms with E-state index in [-0.39, 0.29) is 0 Å². The molecule has 2 aromatic rings. The summed E-state index contributed by atoms with van der Waals surface area (Å²) >= 11 is 3.62. The van der Waals surface area contributed by atoms with Gasteiger partial charge in [0.15, 0.2) is 5.13 Å². The zero-order chi connectivity index (χ0) is 13.8. The summed E-state index contributed by atoms with van der Waals surface area (Å²) < 4.78 is 0. The summed E-state index contributed by atoms with van der Waals surface area (Å²) in [6.07, 6.45) is 1.09. The van der Waals surface area contributed by atoms with Gasteiger partial charge in [0.05, 0.1) is 5.69 Å². The van der Waals surface area contributed by atoms with E-state index < -0.39 is 0 Å². The lowest BCUT2D eigenvalue weighted by Gasteiger charge is -2.14. The number of nitrogens with zero attached hydrogens (tertiary/aromatic N) is 2. The Morgan fingerprint density at radius 2 is 2.26 bits per heavy atom. The second-order valence-corrected chi connectivity index (χ2v) is 6.75. The first-order valence-corrected chi connectivity index (χ1v) is 8.19. The first-order chi connectivity index (χ1) is 9.11. The van der Waals surface area contributed by atoms with Crippen LogP contribution in [-0.4, -0.2) is 25.6 Å².